The molecule has 1 aliphatic rings. The van der Waals surface area contributed by atoms with Crippen LogP contribution in [0.3, 0.4) is 0 Å². The number of likely N-dealkylation sites (N-methyl/N-ethyl adjacent to an activating group) is 1. The van der Waals surface area contributed by atoms with Gasteiger partial charge in [0.1, 0.15) is 6.54 Å². The molecule has 0 atom stereocenters. The third-order valence-corrected chi connectivity index (χ3v) is 2.20. The molecular weight excluding hydrogens is 196 g/mol. The molecule has 0 unspecified atom stereocenters. The van der Waals surface area contributed by atoms with Crippen LogP contribution in [0, 0.1) is 5.41 Å². The molecule has 1 rings (SSSR count). The first-order valence-corrected chi connectivity index (χ1v) is 4.94. The van der Waals surface area contributed by atoms with E-state index in [1.165, 1.54) is 5.06 Å². The lowest BCUT2D eigenvalue weighted by atomic mass is 9.95. The van der Waals surface area contributed by atoms with Crippen LogP contribution in [0.15, 0.2) is 0 Å². The van der Waals surface area contributed by atoms with Crippen molar-refractivity contribution < 1.29 is 14.4 Å². The number of nitrogens with zero attached hydrogens (tertiary/aromatic N) is 2. The predicted molar refractivity (Wildman–Crippen MR) is 55.0 cm³/mol. The van der Waals surface area contributed by atoms with Gasteiger partial charge in [0.2, 0.25) is 0 Å². The number of hydrogen-bond donors (Lipinski definition) is 0. The number of hydrogen-bond acceptors (Lipinski definition) is 4. The number of ketones is 1. The number of rotatable bonds is 4. The molecule has 0 aromatic heterocycles. The van der Waals surface area contributed by atoms with Crippen molar-refractivity contribution >= 4 is 11.7 Å². The van der Waals surface area contributed by atoms with Gasteiger partial charge in [-0.3, -0.25) is 14.4 Å². The Bertz CT molecular complexity index is 274. The number of hydroxylamine groups is 2. The second-order valence-corrected chi connectivity index (χ2v) is 4.78. The normalized spacial score (nSPS) is 20.1. The summed E-state index contributed by atoms with van der Waals surface area (Å²) < 4.78 is 0. The van der Waals surface area contributed by atoms with E-state index in [0.717, 1.165) is 0 Å². The maximum atomic E-state index is 11.7. The quantitative estimate of drug-likeness (QED) is 0.656. The Kier molecular flexibility index (Phi) is 3.46. The summed E-state index contributed by atoms with van der Waals surface area (Å²) >= 11 is 0. The molecule has 5 nitrogen and oxygen atoms in total. The molecule has 1 saturated heterocycles. The van der Waals surface area contributed by atoms with Gasteiger partial charge < -0.3 is 4.90 Å². The number of Topliss-reactive ketones (excluding diaryl/α,β-unsaturated/α-hetero) is 1. The smallest absolute Gasteiger partial charge is 0.254 e. The second-order valence-electron chi connectivity index (χ2n) is 4.78. The first-order chi connectivity index (χ1) is 6.83. The Balaban J connectivity index is 2.48. The minimum atomic E-state index is -0.502. The fourth-order valence-corrected chi connectivity index (χ4v) is 1.38. The van der Waals surface area contributed by atoms with Crippen LogP contribution in [0.5, 0.6) is 0 Å². The molecule has 0 aliphatic carbocycles. The maximum absolute atomic E-state index is 11.7. The van der Waals surface area contributed by atoms with Crippen molar-refractivity contribution in [1.82, 2.24) is 9.96 Å². The Hall–Kier alpha value is -0.940. The van der Waals surface area contributed by atoms with Gasteiger partial charge in [-0.1, -0.05) is 0 Å². The number of carbonyl (C=O) groups excluding carboxylic acids is 2. The molecule has 0 spiro atoms. The molecule has 1 heterocycles. The van der Waals surface area contributed by atoms with Crippen molar-refractivity contribution in [1.29, 1.82) is 0 Å². The fourth-order valence-electron chi connectivity index (χ4n) is 1.38. The molecule has 0 aromatic carbocycles. The van der Waals surface area contributed by atoms with Crippen LogP contribution in [-0.2, 0) is 14.4 Å². The molecule has 1 amide bonds. The Morgan fingerprint density at radius 2 is 2.13 bits per heavy atom. The first kappa shape index (κ1) is 12.1. The van der Waals surface area contributed by atoms with E-state index in [9.17, 15) is 9.59 Å². The Morgan fingerprint density at radius 1 is 1.53 bits per heavy atom. The van der Waals surface area contributed by atoms with Gasteiger partial charge in [0.25, 0.3) is 5.91 Å². The van der Waals surface area contributed by atoms with Gasteiger partial charge in [-0.05, 0) is 27.9 Å². The SMILES string of the molecule is CN(C)CC(=O)CN1OCC(C)(C)C1=O. The van der Waals surface area contributed by atoms with Crippen molar-refractivity contribution in [3.05, 3.63) is 0 Å². The summed E-state index contributed by atoms with van der Waals surface area (Å²) in [5.41, 5.74) is -0.502. The average molecular weight is 214 g/mol. The summed E-state index contributed by atoms with van der Waals surface area (Å²) in [6, 6.07) is 0. The first-order valence-electron chi connectivity index (χ1n) is 4.94. The second kappa shape index (κ2) is 4.28. The summed E-state index contributed by atoms with van der Waals surface area (Å²) in [5, 5.41) is 1.17. The summed E-state index contributed by atoms with van der Waals surface area (Å²) in [6.07, 6.45) is 0. The largest absolute Gasteiger partial charge is 0.302 e. The molecule has 1 fully saturated rings. The van der Waals surface area contributed by atoms with Crippen molar-refractivity contribution in [2.24, 2.45) is 5.41 Å². The van der Waals surface area contributed by atoms with E-state index in [1.54, 1.807) is 4.90 Å². The average Bonchev–Trinajstić information content (AvgIpc) is 2.30. The van der Waals surface area contributed by atoms with Gasteiger partial charge >= 0.3 is 0 Å². The molecule has 0 bridgehead atoms. The molecule has 15 heavy (non-hydrogen) atoms. The van der Waals surface area contributed by atoms with E-state index in [0.29, 0.717) is 13.2 Å². The van der Waals surface area contributed by atoms with Crippen LogP contribution in [0.25, 0.3) is 0 Å². The van der Waals surface area contributed by atoms with E-state index in [4.69, 9.17) is 4.84 Å². The number of carbonyl (C=O) groups is 2. The highest BCUT2D eigenvalue weighted by molar-refractivity contribution is 5.89. The molecule has 0 saturated carbocycles. The van der Waals surface area contributed by atoms with Crippen LogP contribution < -0.4 is 0 Å². The minimum absolute atomic E-state index is 0.0222. The minimum Gasteiger partial charge on any atom is -0.302 e. The van der Waals surface area contributed by atoms with Crippen LogP contribution >= 0.6 is 0 Å². The van der Waals surface area contributed by atoms with Gasteiger partial charge in [-0.15, -0.1) is 0 Å². The van der Waals surface area contributed by atoms with Crippen molar-refractivity contribution in [2.45, 2.75) is 13.8 Å². The van der Waals surface area contributed by atoms with E-state index < -0.39 is 5.41 Å². The number of amides is 1. The van der Waals surface area contributed by atoms with Crippen molar-refractivity contribution in [3.63, 3.8) is 0 Å². The lowest BCUT2D eigenvalue weighted by Gasteiger charge is -2.16. The van der Waals surface area contributed by atoms with Crippen molar-refractivity contribution in [2.75, 3.05) is 33.8 Å². The molecule has 0 N–H and O–H groups in total. The van der Waals surface area contributed by atoms with Gasteiger partial charge in [0, 0.05) is 0 Å². The van der Waals surface area contributed by atoms with Gasteiger partial charge in [-0.25, -0.2) is 5.06 Å². The molecule has 5 heteroatoms. The third-order valence-electron chi connectivity index (χ3n) is 2.20. The summed E-state index contributed by atoms with van der Waals surface area (Å²) in [5.74, 6) is -0.138. The summed E-state index contributed by atoms with van der Waals surface area (Å²) in [4.78, 5) is 30.1. The zero-order chi connectivity index (χ0) is 11.6. The fraction of sp³-hybridized carbons (Fsp3) is 0.800. The monoisotopic (exact) mass is 214 g/mol. The lowest BCUT2D eigenvalue weighted by Crippen LogP contribution is -2.37. The highest BCUT2D eigenvalue weighted by Gasteiger charge is 2.40. The lowest BCUT2D eigenvalue weighted by molar-refractivity contribution is -0.166. The van der Waals surface area contributed by atoms with E-state index in [2.05, 4.69) is 0 Å². The summed E-state index contributed by atoms with van der Waals surface area (Å²) in [6.45, 7) is 4.34. The highest BCUT2D eigenvalue weighted by Crippen LogP contribution is 2.26. The van der Waals surface area contributed by atoms with Gasteiger partial charge in [0.15, 0.2) is 5.78 Å². The van der Waals surface area contributed by atoms with Gasteiger partial charge in [0.05, 0.1) is 18.6 Å². The maximum Gasteiger partial charge on any atom is 0.254 e. The van der Waals surface area contributed by atoms with Crippen LogP contribution in [0.1, 0.15) is 13.8 Å². The standard InChI is InChI=1S/C10H18N2O3/c1-10(2)7-15-12(9(10)14)6-8(13)5-11(3)4/h5-7H2,1-4H3. The topological polar surface area (TPSA) is 49.9 Å². The third kappa shape index (κ3) is 3.00. The molecule has 0 radical (unpaired) electrons. The summed E-state index contributed by atoms with van der Waals surface area (Å²) in [7, 11) is 3.63. The molecule has 1 aliphatic heterocycles. The Morgan fingerprint density at radius 3 is 2.53 bits per heavy atom. The van der Waals surface area contributed by atoms with E-state index >= 15 is 0 Å². The highest BCUT2D eigenvalue weighted by atomic mass is 16.7. The van der Waals surface area contributed by atoms with E-state index in [-0.39, 0.29) is 18.2 Å². The zero-order valence-electron chi connectivity index (χ0n) is 9.74. The Labute approximate surface area is 89.9 Å². The van der Waals surface area contributed by atoms with Crippen molar-refractivity contribution in [3.8, 4) is 0 Å². The molecule has 86 valence electrons. The predicted octanol–water partition coefficient (Wildman–Crippen LogP) is -0.0829. The van der Waals surface area contributed by atoms with Crippen LogP contribution in [0.2, 0.25) is 0 Å². The van der Waals surface area contributed by atoms with Crippen LogP contribution in [0.4, 0.5) is 0 Å². The molecular formula is C10H18N2O3. The van der Waals surface area contributed by atoms with Crippen LogP contribution in [-0.4, -0.2) is 55.4 Å². The van der Waals surface area contributed by atoms with E-state index in [1.807, 2.05) is 27.9 Å². The zero-order valence-corrected chi connectivity index (χ0v) is 9.74. The molecule has 0 aromatic rings. The van der Waals surface area contributed by atoms with Gasteiger partial charge in [-0.2, -0.15) is 0 Å².